The lowest BCUT2D eigenvalue weighted by atomic mass is 10.3. The fraction of sp³-hybridized carbons (Fsp3) is 0. The Balaban J connectivity index is 2.67. The summed E-state index contributed by atoms with van der Waals surface area (Å²) in [6.07, 6.45) is 3.82. The van der Waals surface area contributed by atoms with E-state index in [1.54, 1.807) is 0 Å². The van der Waals surface area contributed by atoms with Crippen LogP contribution in [0.25, 0.3) is 11.3 Å². The molecule has 0 unspecified atom stereocenters. The standard InChI is InChI=1S/C7H5N3O3/c11-6-4(1-8-7(12)10-6)5-2-13-3-9-5/h1-3H,(H2,8,10,11,12). The zero-order valence-electron chi connectivity index (χ0n) is 6.40. The maximum atomic E-state index is 11.2. The first-order valence-electron chi connectivity index (χ1n) is 3.48. The lowest BCUT2D eigenvalue weighted by Gasteiger charge is -1.90. The van der Waals surface area contributed by atoms with Crippen LogP contribution in [0.15, 0.2) is 32.9 Å². The molecule has 0 aliphatic rings. The van der Waals surface area contributed by atoms with Crippen LogP contribution in [0.3, 0.4) is 0 Å². The van der Waals surface area contributed by atoms with Crippen molar-refractivity contribution < 1.29 is 4.42 Å². The van der Waals surface area contributed by atoms with Crippen LogP contribution in [0.2, 0.25) is 0 Å². The van der Waals surface area contributed by atoms with Gasteiger partial charge >= 0.3 is 5.69 Å². The Hall–Kier alpha value is -2.11. The molecule has 0 fully saturated rings. The van der Waals surface area contributed by atoms with Crippen LogP contribution in [0.5, 0.6) is 0 Å². The molecule has 2 rings (SSSR count). The number of H-pyrrole nitrogens is 2. The van der Waals surface area contributed by atoms with E-state index in [9.17, 15) is 9.59 Å². The van der Waals surface area contributed by atoms with E-state index in [2.05, 4.69) is 15.0 Å². The van der Waals surface area contributed by atoms with E-state index in [1.807, 2.05) is 0 Å². The summed E-state index contributed by atoms with van der Waals surface area (Å²) in [5.74, 6) is 0. The third-order valence-corrected chi connectivity index (χ3v) is 1.53. The first-order chi connectivity index (χ1) is 6.27. The van der Waals surface area contributed by atoms with E-state index in [0.717, 1.165) is 0 Å². The number of nitrogens with one attached hydrogen (secondary N) is 2. The number of hydrogen-bond donors (Lipinski definition) is 2. The second kappa shape index (κ2) is 2.74. The minimum Gasteiger partial charge on any atom is -0.451 e. The summed E-state index contributed by atoms with van der Waals surface area (Å²) in [4.78, 5) is 30.0. The number of nitrogens with zero attached hydrogens (tertiary/aromatic N) is 1. The van der Waals surface area contributed by atoms with Crippen LogP contribution >= 0.6 is 0 Å². The first kappa shape index (κ1) is 7.53. The van der Waals surface area contributed by atoms with Crippen molar-refractivity contribution in [2.75, 3.05) is 0 Å². The Morgan fingerprint density at radius 2 is 2.23 bits per heavy atom. The average molecular weight is 179 g/mol. The van der Waals surface area contributed by atoms with E-state index in [-0.39, 0.29) is 5.56 Å². The molecular weight excluding hydrogens is 174 g/mol. The Bertz CT molecular complexity index is 508. The average Bonchev–Trinajstić information content (AvgIpc) is 2.56. The predicted molar refractivity (Wildman–Crippen MR) is 43.2 cm³/mol. The van der Waals surface area contributed by atoms with Gasteiger partial charge in [0.2, 0.25) is 0 Å². The van der Waals surface area contributed by atoms with Crippen LogP contribution in [-0.4, -0.2) is 15.0 Å². The van der Waals surface area contributed by atoms with Crippen LogP contribution in [0, 0.1) is 0 Å². The molecule has 0 atom stereocenters. The molecule has 2 aromatic heterocycles. The molecule has 66 valence electrons. The lowest BCUT2D eigenvalue weighted by Crippen LogP contribution is -2.22. The Kier molecular flexibility index (Phi) is 1.59. The zero-order valence-corrected chi connectivity index (χ0v) is 6.40. The third kappa shape index (κ3) is 1.28. The zero-order chi connectivity index (χ0) is 9.26. The normalized spacial score (nSPS) is 10.2. The van der Waals surface area contributed by atoms with Gasteiger partial charge in [0.25, 0.3) is 5.56 Å². The highest BCUT2D eigenvalue weighted by atomic mass is 16.3. The monoisotopic (exact) mass is 179 g/mol. The van der Waals surface area contributed by atoms with Crippen molar-refractivity contribution >= 4 is 0 Å². The van der Waals surface area contributed by atoms with Gasteiger partial charge in [-0.05, 0) is 0 Å². The molecule has 0 saturated carbocycles. The minimum absolute atomic E-state index is 0.272. The van der Waals surface area contributed by atoms with Crippen molar-refractivity contribution in [3.05, 3.63) is 39.7 Å². The molecule has 2 heterocycles. The largest absolute Gasteiger partial charge is 0.451 e. The van der Waals surface area contributed by atoms with Gasteiger partial charge in [-0.1, -0.05) is 0 Å². The van der Waals surface area contributed by atoms with Crippen molar-refractivity contribution in [2.45, 2.75) is 0 Å². The maximum absolute atomic E-state index is 11.2. The Morgan fingerprint density at radius 1 is 1.38 bits per heavy atom. The second-order valence-electron chi connectivity index (χ2n) is 2.36. The first-order valence-corrected chi connectivity index (χ1v) is 3.48. The van der Waals surface area contributed by atoms with Gasteiger partial charge in [-0.3, -0.25) is 9.78 Å². The molecule has 6 nitrogen and oxygen atoms in total. The molecule has 2 N–H and O–H groups in total. The van der Waals surface area contributed by atoms with Gasteiger partial charge < -0.3 is 9.40 Å². The van der Waals surface area contributed by atoms with Crippen molar-refractivity contribution in [3.8, 4) is 11.3 Å². The number of rotatable bonds is 1. The van der Waals surface area contributed by atoms with Gasteiger partial charge in [0, 0.05) is 6.20 Å². The summed E-state index contributed by atoms with van der Waals surface area (Å²) in [5, 5.41) is 0. The summed E-state index contributed by atoms with van der Waals surface area (Å²) >= 11 is 0. The predicted octanol–water partition coefficient (Wildman–Crippen LogP) is -0.282. The van der Waals surface area contributed by atoms with Gasteiger partial charge in [0.15, 0.2) is 6.39 Å². The maximum Gasteiger partial charge on any atom is 0.325 e. The summed E-state index contributed by atoms with van der Waals surface area (Å²) < 4.78 is 4.70. The molecular formula is C7H5N3O3. The molecule has 0 aromatic carbocycles. The molecule has 13 heavy (non-hydrogen) atoms. The smallest absolute Gasteiger partial charge is 0.325 e. The second-order valence-corrected chi connectivity index (χ2v) is 2.36. The van der Waals surface area contributed by atoms with Gasteiger partial charge in [0.05, 0.1) is 5.56 Å². The molecule has 0 radical (unpaired) electrons. The SMILES string of the molecule is O=c1[nH]cc(-c2cocn2)c(=O)[nH]1. The van der Waals surface area contributed by atoms with E-state index in [4.69, 9.17) is 4.42 Å². The summed E-state index contributed by atoms with van der Waals surface area (Å²) in [6, 6.07) is 0. The van der Waals surface area contributed by atoms with Gasteiger partial charge in [-0.2, -0.15) is 0 Å². The number of hydrogen-bond acceptors (Lipinski definition) is 4. The highest BCUT2D eigenvalue weighted by Gasteiger charge is 2.05. The number of aromatic nitrogens is 3. The van der Waals surface area contributed by atoms with Crippen molar-refractivity contribution in [2.24, 2.45) is 0 Å². The van der Waals surface area contributed by atoms with Crippen LogP contribution in [-0.2, 0) is 0 Å². The van der Waals surface area contributed by atoms with Crippen molar-refractivity contribution in [1.82, 2.24) is 15.0 Å². The Morgan fingerprint density at radius 3 is 2.85 bits per heavy atom. The molecule has 0 aliphatic carbocycles. The lowest BCUT2D eigenvalue weighted by molar-refractivity contribution is 0.558. The molecule has 0 saturated heterocycles. The molecule has 0 bridgehead atoms. The van der Waals surface area contributed by atoms with E-state index in [1.165, 1.54) is 18.9 Å². The topological polar surface area (TPSA) is 91.8 Å². The number of aromatic amines is 2. The molecule has 0 spiro atoms. The van der Waals surface area contributed by atoms with Crippen molar-refractivity contribution in [3.63, 3.8) is 0 Å². The fourth-order valence-electron chi connectivity index (χ4n) is 0.946. The third-order valence-electron chi connectivity index (χ3n) is 1.53. The van der Waals surface area contributed by atoms with E-state index in [0.29, 0.717) is 5.69 Å². The quantitative estimate of drug-likeness (QED) is 0.629. The molecule has 0 aliphatic heterocycles. The highest BCUT2D eigenvalue weighted by molar-refractivity contribution is 5.54. The fourth-order valence-corrected chi connectivity index (χ4v) is 0.946. The summed E-state index contributed by atoms with van der Waals surface area (Å²) in [7, 11) is 0. The highest BCUT2D eigenvalue weighted by Crippen LogP contribution is 2.08. The van der Waals surface area contributed by atoms with Gasteiger partial charge in [-0.25, -0.2) is 9.78 Å². The van der Waals surface area contributed by atoms with E-state index >= 15 is 0 Å². The van der Waals surface area contributed by atoms with Gasteiger partial charge in [0.1, 0.15) is 12.0 Å². The molecule has 0 amide bonds. The minimum atomic E-state index is -0.544. The Labute approximate surface area is 71.3 Å². The van der Waals surface area contributed by atoms with Crippen molar-refractivity contribution in [1.29, 1.82) is 0 Å². The molecule has 6 heteroatoms. The van der Waals surface area contributed by atoms with Crippen LogP contribution < -0.4 is 11.2 Å². The van der Waals surface area contributed by atoms with Crippen LogP contribution in [0.1, 0.15) is 0 Å². The van der Waals surface area contributed by atoms with Crippen LogP contribution in [0.4, 0.5) is 0 Å². The molecule has 2 aromatic rings. The van der Waals surface area contributed by atoms with E-state index < -0.39 is 11.2 Å². The summed E-state index contributed by atoms with van der Waals surface area (Å²) in [6.45, 7) is 0. The van der Waals surface area contributed by atoms with Gasteiger partial charge in [-0.15, -0.1) is 0 Å². The summed E-state index contributed by atoms with van der Waals surface area (Å²) in [5.41, 5.74) is -0.374. The number of oxazole rings is 1.